The molecule has 1 amide bonds. The number of hydrogen-bond donors (Lipinski definition) is 1. The Hall–Kier alpha value is -3.90. The minimum absolute atomic E-state index is 0.261. The van der Waals surface area contributed by atoms with Crippen molar-refractivity contribution in [3.63, 3.8) is 0 Å². The molecule has 0 spiro atoms. The average molecular weight is 561 g/mol. The van der Waals surface area contributed by atoms with E-state index in [-0.39, 0.29) is 12.5 Å². The van der Waals surface area contributed by atoms with Crippen molar-refractivity contribution in [2.24, 2.45) is 5.10 Å². The quantitative estimate of drug-likeness (QED) is 0.161. The minimum Gasteiger partial charge on any atom is -0.487 e. The zero-order valence-electron chi connectivity index (χ0n) is 19.9. The van der Waals surface area contributed by atoms with E-state index in [2.05, 4.69) is 10.5 Å². The van der Waals surface area contributed by atoms with E-state index in [0.29, 0.717) is 43.2 Å². The molecule has 1 aromatic heterocycles. The molecule has 0 atom stereocenters. The van der Waals surface area contributed by atoms with Crippen LogP contribution in [0.2, 0.25) is 15.1 Å². The third kappa shape index (κ3) is 5.97. The smallest absolute Gasteiger partial charge is 0.272 e. The van der Waals surface area contributed by atoms with Crippen LogP contribution in [-0.4, -0.2) is 17.1 Å². The number of carbonyl (C=O) groups excluding carboxylic acids is 1. The second-order valence-corrected chi connectivity index (χ2v) is 9.64. The molecule has 0 aliphatic rings. The van der Waals surface area contributed by atoms with Crippen LogP contribution in [0.3, 0.4) is 0 Å². The number of amides is 1. The number of para-hydroxylation sites is 1. The minimum atomic E-state index is -0.381. The highest BCUT2D eigenvalue weighted by atomic mass is 35.5. The Bertz CT molecular complexity index is 1640. The second-order valence-electron chi connectivity index (χ2n) is 8.36. The standard InChI is InChI=1S/C30H20Cl3N3O2/c31-22-12-10-19(11-13-22)18-38-29-21(14-23(32)15-26(29)33)17-34-36-30(37)25-16-28(20-6-2-1-3-7-20)35-27-9-5-4-8-24(25)27/h1-17H,18H2,(H,36,37)/b34-17-. The molecule has 0 aliphatic heterocycles. The van der Waals surface area contributed by atoms with Crippen LogP contribution in [0.15, 0.2) is 102 Å². The van der Waals surface area contributed by atoms with E-state index in [9.17, 15) is 4.79 Å². The van der Waals surface area contributed by atoms with Crippen LogP contribution in [0.4, 0.5) is 0 Å². The first kappa shape index (κ1) is 25.7. The van der Waals surface area contributed by atoms with E-state index >= 15 is 0 Å². The number of halogens is 3. The molecule has 5 nitrogen and oxygen atoms in total. The van der Waals surface area contributed by atoms with E-state index in [1.54, 1.807) is 30.3 Å². The highest BCUT2D eigenvalue weighted by molar-refractivity contribution is 6.36. The van der Waals surface area contributed by atoms with E-state index in [1.807, 2.05) is 66.7 Å². The van der Waals surface area contributed by atoms with Gasteiger partial charge in [0.15, 0.2) is 0 Å². The van der Waals surface area contributed by atoms with Crippen molar-refractivity contribution >= 4 is 57.8 Å². The van der Waals surface area contributed by atoms with E-state index < -0.39 is 0 Å². The van der Waals surface area contributed by atoms with Crippen molar-refractivity contribution in [2.45, 2.75) is 6.61 Å². The number of fused-ring (bicyclic) bond motifs is 1. The van der Waals surface area contributed by atoms with Crippen molar-refractivity contribution in [3.05, 3.63) is 129 Å². The van der Waals surface area contributed by atoms with Gasteiger partial charge < -0.3 is 4.74 Å². The third-order valence-electron chi connectivity index (χ3n) is 5.73. The molecule has 5 aromatic rings. The van der Waals surface area contributed by atoms with Gasteiger partial charge in [0.05, 0.1) is 28.0 Å². The topological polar surface area (TPSA) is 63.6 Å². The average Bonchev–Trinajstić information content (AvgIpc) is 2.93. The van der Waals surface area contributed by atoms with Gasteiger partial charge in [-0.3, -0.25) is 4.79 Å². The zero-order chi connectivity index (χ0) is 26.5. The number of rotatable bonds is 7. The monoisotopic (exact) mass is 559 g/mol. The van der Waals surface area contributed by atoms with Gasteiger partial charge >= 0.3 is 0 Å². The lowest BCUT2D eigenvalue weighted by Gasteiger charge is -2.12. The molecule has 0 aliphatic carbocycles. The van der Waals surface area contributed by atoms with E-state index in [4.69, 9.17) is 44.5 Å². The maximum absolute atomic E-state index is 13.2. The molecule has 8 heteroatoms. The number of hydrogen-bond acceptors (Lipinski definition) is 4. The summed E-state index contributed by atoms with van der Waals surface area (Å²) in [5, 5.41) is 6.27. The molecule has 188 valence electrons. The van der Waals surface area contributed by atoms with Gasteiger partial charge in [-0.2, -0.15) is 5.10 Å². The lowest BCUT2D eigenvalue weighted by atomic mass is 10.0. The van der Waals surface area contributed by atoms with Crippen molar-refractivity contribution in [3.8, 4) is 17.0 Å². The van der Waals surface area contributed by atoms with Gasteiger partial charge in [0.1, 0.15) is 12.4 Å². The van der Waals surface area contributed by atoms with Crippen molar-refractivity contribution in [1.82, 2.24) is 10.4 Å². The lowest BCUT2D eigenvalue weighted by Crippen LogP contribution is -2.18. The molecule has 0 saturated carbocycles. The molecule has 4 aromatic carbocycles. The SMILES string of the molecule is O=C(N/N=C\c1cc(Cl)cc(Cl)c1OCc1ccc(Cl)cc1)c1cc(-c2ccccc2)nc2ccccc12. The molecular formula is C30H20Cl3N3O2. The third-order valence-corrected chi connectivity index (χ3v) is 6.48. The van der Waals surface area contributed by atoms with Gasteiger partial charge in [0, 0.05) is 26.6 Å². The van der Waals surface area contributed by atoms with Gasteiger partial charge in [-0.1, -0.05) is 95.5 Å². The van der Waals surface area contributed by atoms with Gasteiger partial charge in [-0.25, -0.2) is 10.4 Å². The van der Waals surface area contributed by atoms with Crippen LogP contribution in [0.1, 0.15) is 21.5 Å². The molecule has 0 saturated heterocycles. The number of ether oxygens (including phenoxy) is 1. The summed E-state index contributed by atoms with van der Waals surface area (Å²) in [6.07, 6.45) is 1.45. The van der Waals surface area contributed by atoms with Crippen molar-refractivity contribution in [1.29, 1.82) is 0 Å². The molecular weight excluding hydrogens is 541 g/mol. The summed E-state index contributed by atoms with van der Waals surface area (Å²) >= 11 is 18.6. The Morgan fingerprint density at radius 3 is 2.39 bits per heavy atom. The summed E-state index contributed by atoms with van der Waals surface area (Å²) in [4.78, 5) is 18.0. The molecule has 38 heavy (non-hydrogen) atoms. The Balaban J connectivity index is 1.40. The van der Waals surface area contributed by atoms with Crippen LogP contribution < -0.4 is 10.2 Å². The first-order chi connectivity index (χ1) is 18.5. The van der Waals surface area contributed by atoms with Crippen LogP contribution in [0, 0.1) is 0 Å². The summed E-state index contributed by atoms with van der Waals surface area (Å²) in [5.41, 5.74) is 6.80. The first-order valence-electron chi connectivity index (χ1n) is 11.6. The molecule has 1 heterocycles. The number of benzene rings is 4. The summed E-state index contributed by atoms with van der Waals surface area (Å²) in [5.74, 6) is 0.0125. The maximum atomic E-state index is 13.2. The normalized spacial score (nSPS) is 11.1. The first-order valence-corrected chi connectivity index (χ1v) is 12.8. The fraction of sp³-hybridized carbons (Fsp3) is 0.0333. The fourth-order valence-corrected chi connectivity index (χ4v) is 4.60. The van der Waals surface area contributed by atoms with Crippen molar-refractivity contribution in [2.75, 3.05) is 0 Å². The summed E-state index contributed by atoms with van der Waals surface area (Å²) in [6, 6.07) is 29.5. The van der Waals surface area contributed by atoms with Crippen molar-refractivity contribution < 1.29 is 9.53 Å². The number of hydrazone groups is 1. The van der Waals surface area contributed by atoms with Gasteiger partial charge in [-0.15, -0.1) is 0 Å². The highest BCUT2D eigenvalue weighted by Gasteiger charge is 2.14. The maximum Gasteiger partial charge on any atom is 0.272 e. The molecule has 1 N–H and O–H groups in total. The van der Waals surface area contributed by atoms with Crippen LogP contribution in [-0.2, 0) is 6.61 Å². The van der Waals surface area contributed by atoms with Gasteiger partial charge in [0.25, 0.3) is 5.91 Å². The van der Waals surface area contributed by atoms with Gasteiger partial charge in [0.2, 0.25) is 0 Å². The van der Waals surface area contributed by atoms with Crippen LogP contribution in [0.25, 0.3) is 22.2 Å². The molecule has 0 bridgehead atoms. The number of nitrogens with one attached hydrogen (secondary N) is 1. The largest absolute Gasteiger partial charge is 0.487 e. The number of aromatic nitrogens is 1. The number of nitrogens with zero attached hydrogens (tertiary/aromatic N) is 2. The molecule has 0 unspecified atom stereocenters. The van der Waals surface area contributed by atoms with Gasteiger partial charge in [-0.05, 0) is 42.0 Å². The number of carbonyl (C=O) groups is 1. The molecule has 0 radical (unpaired) electrons. The summed E-state index contributed by atoms with van der Waals surface area (Å²) in [6.45, 7) is 0.261. The predicted molar refractivity (Wildman–Crippen MR) is 154 cm³/mol. The van der Waals surface area contributed by atoms with E-state index in [0.717, 1.165) is 16.5 Å². The Labute approximate surface area is 234 Å². The van der Waals surface area contributed by atoms with Crippen LogP contribution in [0.5, 0.6) is 5.75 Å². The zero-order valence-corrected chi connectivity index (χ0v) is 22.1. The summed E-state index contributed by atoms with van der Waals surface area (Å²) in [7, 11) is 0. The Kier molecular flexibility index (Phi) is 7.89. The molecule has 5 rings (SSSR count). The fourth-order valence-electron chi connectivity index (χ4n) is 3.91. The van der Waals surface area contributed by atoms with E-state index in [1.165, 1.54) is 6.21 Å². The Morgan fingerprint density at radius 1 is 0.868 bits per heavy atom. The highest BCUT2D eigenvalue weighted by Crippen LogP contribution is 2.32. The number of pyridine rings is 1. The molecule has 0 fully saturated rings. The van der Waals surface area contributed by atoms with Crippen LogP contribution >= 0.6 is 34.8 Å². The lowest BCUT2D eigenvalue weighted by molar-refractivity contribution is 0.0956. The summed E-state index contributed by atoms with van der Waals surface area (Å²) < 4.78 is 5.97. The predicted octanol–water partition coefficient (Wildman–Crippen LogP) is 8.20. The Morgan fingerprint density at radius 2 is 1.61 bits per heavy atom. The second kappa shape index (κ2) is 11.7.